The van der Waals surface area contributed by atoms with Gasteiger partial charge in [-0.25, -0.2) is 4.57 Å². The molecule has 3 unspecified atom stereocenters. The third-order valence-electron chi connectivity index (χ3n) is 12.3. The van der Waals surface area contributed by atoms with Crippen LogP contribution < -0.4 is 0 Å². The number of carbonyl (C=O) groups is 3. The molecule has 0 amide bonds. The van der Waals surface area contributed by atoms with Gasteiger partial charge in [0, 0.05) is 19.3 Å². The molecule has 0 heterocycles. The predicted molar refractivity (Wildman–Crippen MR) is 307 cm³/mol. The SMILES string of the molecule is CC/C=C\C/C=C\C/C=C\C/C=C\CCC(=O)OCC(COP(=O)(O)OCC(CO)OC(=O)CCCCCCCCCCCCCCCCC)OC(=O)CCCCCCCC/C=C\C/C=C\C/C=C\CCCCC. The highest BCUT2D eigenvalue weighted by Gasteiger charge is 2.28. The van der Waals surface area contributed by atoms with E-state index in [0.717, 1.165) is 96.3 Å². The number of rotatable bonds is 54. The van der Waals surface area contributed by atoms with Gasteiger partial charge < -0.3 is 24.2 Å². The van der Waals surface area contributed by atoms with Crippen LogP contribution in [0.1, 0.15) is 252 Å². The van der Waals surface area contributed by atoms with E-state index in [1.54, 1.807) is 0 Å². The van der Waals surface area contributed by atoms with Gasteiger partial charge in [0.2, 0.25) is 0 Å². The number of hydrogen-bond donors (Lipinski definition) is 2. The highest BCUT2D eigenvalue weighted by molar-refractivity contribution is 7.47. The van der Waals surface area contributed by atoms with Crippen LogP contribution in [0.25, 0.3) is 0 Å². The zero-order chi connectivity index (χ0) is 54.1. The van der Waals surface area contributed by atoms with Crippen LogP contribution in [-0.2, 0) is 42.2 Å². The summed E-state index contributed by atoms with van der Waals surface area (Å²) in [5.41, 5.74) is 0. The Kier molecular flexibility index (Phi) is 53.4. The highest BCUT2D eigenvalue weighted by atomic mass is 31.2. The second-order valence-corrected chi connectivity index (χ2v) is 20.9. The molecule has 426 valence electrons. The van der Waals surface area contributed by atoms with Crippen molar-refractivity contribution in [2.24, 2.45) is 0 Å². The van der Waals surface area contributed by atoms with E-state index in [-0.39, 0.29) is 25.9 Å². The third kappa shape index (κ3) is 53.5. The molecule has 3 atom stereocenters. The molecule has 2 N–H and O–H groups in total. The number of phosphoric ester groups is 1. The summed E-state index contributed by atoms with van der Waals surface area (Å²) in [6, 6.07) is 0. The van der Waals surface area contributed by atoms with E-state index in [2.05, 4.69) is 93.7 Å². The third-order valence-corrected chi connectivity index (χ3v) is 13.3. The molecule has 0 aliphatic carbocycles. The largest absolute Gasteiger partial charge is 0.472 e. The number of unbranched alkanes of at least 4 members (excludes halogenated alkanes) is 23. The lowest BCUT2D eigenvalue weighted by molar-refractivity contribution is -0.161. The van der Waals surface area contributed by atoms with E-state index in [4.69, 9.17) is 23.3 Å². The molecule has 0 fully saturated rings. The Hall–Kier alpha value is -3.34. The van der Waals surface area contributed by atoms with E-state index in [1.165, 1.54) is 96.3 Å². The lowest BCUT2D eigenvalue weighted by Gasteiger charge is -2.21. The summed E-state index contributed by atoms with van der Waals surface area (Å²) in [5.74, 6) is -1.57. The minimum Gasteiger partial charge on any atom is -0.462 e. The van der Waals surface area contributed by atoms with Gasteiger partial charge in [-0.05, 0) is 83.5 Å². The molecule has 0 radical (unpaired) electrons. The molecule has 0 bridgehead atoms. The molecular weight excluding hydrogens is 952 g/mol. The molecule has 0 saturated carbocycles. The molecule has 11 nitrogen and oxygen atoms in total. The minimum absolute atomic E-state index is 0.100. The number of phosphoric acid groups is 1. The average molecular weight is 1060 g/mol. The van der Waals surface area contributed by atoms with Gasteiger partial charge in [0.15, 0.2) is 6.10 Å². The number of aliphatic hydroxyl groups is 1. The normalized spacial score (nSPS) is 14.0. The van der Waals surface area contributed by atoms with Gasteiger partial charge in [-0.1, -0.05) is 234 Å². The zero-order valence-electron chi connectivity index (χ0n) is 47.0. The van der Waals surface area contributed by atoms with Crippen molar-refractivity contribution in [2.45, 2.75) is 264 Å². The van der Waals surface area contributed by atoms with Crippen molar-refractivity contribution < 1.29 is 52.2 Å². The van der Waals surface area contributed by atoms with E-state index < -0.39 is 57.8 Å². The second kappa shape index (κ2) is 55.9. The first-order valence-electron chi connectivity index (χ1n) is 29.5. The molecule has 0 aromatic carbocycles. The molecule has 74 heavy (non-hydrogen) atoms. The monoisotopic (exact) mass is 1060 g/mol. The molecule has 12 heteroatoms. The van der Waals surface area contributed by atoms with Gasteiger partial charge in [-0.3, -0.25) is 23.4 Å². The van der Waals surface area contributed by atoms with E-state index >= 15 is 0 Å². The standard InChI is InChI=1S/C62H107O11P/c1-4-7-10-13-16-19-22-25-27-28-29-30-32-35-38-41-44-47-50-53-62(66)73-59(55-69-60(64)51-48-45-42-39-36-33-24-21-18-15-12-9-6-3)57-71-74(67,68)70-56-58(54-63)72-61(65)52-49-46-43-40-37-34-31-26-23-20-17-14-11-8-5-2/h9,12,16,18-19,21,25,27,29-30,33,36,42,45,58-59,63H,4-8,10-11,13-15,17,20,22-24,26,28,31-32,34-35,37-41,43-44,46-57H2,1-3H3,(H,67,68)/b12-9-,19-16-,21-18-,27-25-,30-29-,36-33-,45-42-. The first-order chi connectivity index (χ1) is 36.2. The number of allylic oxidation sites excluding steroid dienone is 14. The highest BCUT2D eigenvalue weighted by Crippen LogP contribution is 2.43. The topological polar surface area (TPSA) is 155 Å². The summed E-state index contributed by atoms with van der Waals surface area (Å²) in [7, 11) is -4.77. The molecule has 0 aromatic heterocycles. The predicted octanol–water partition coefficient (Wildman–Crippen LogP) is 17.5. The van der Waals surface area contributed by atoms with E-state index in [0.29, 0.717) is 19.3 Å². The summed E-state index contributed by atoms with van der Waals surface area (Å²) < 4.78 is 39.4. The maximum atomic E-state index is 12.9. The van der Waals surface area contributed by atoms with Crippen LogP contribution in [0.5, 0.6) is 0 Å². The van der Waals surface area contributed by atoms with E-state index in [1.807, 2.05) is 12.2 Å². The first kappa shape index (κ1) is 70.7. The molecule has 0 aliphatic heterocycles. The number of aliphatic hydroxyl groups excluding tert-OH is 1. The van der Waals surface area contributed by atoms with Gasteiger partial charge in [0.05, 0.1) is 19.8 Å². The Morgan fingerprint density at radius 3 is 1.16 bits per heavy atom. The zero-order valence-corrected chi connectivity index (χ0v) is 47.9. The van der Waals surface area contributed by atoms with Crippen molar-refractivity contribution in [3.05, 3.63) is 85.1 Å². The number of esters is 3. The maximum Gasteiger partial charge on any atom is 0.472 e. The molecular formula is C62H107O11P. The maximum absolute atomic E-state index is 12.9. The minimum atomic E-state index is -4.77. The quantitative estimate of drug-likeness (QED) is 0.0197. The van der Waals surface area contributed by atoms with Crippen LogP contribution in [0.15, 0.2) is 85.1 Å². The van der Waals surface area contributed by atoms with E-state index in [9.17, 15) is 28.9 Å². The Morgan fingerprint density at radius 2 is 0.730 bits per heavy atom. The van der Waals surface area contributed by atoms with Crippen molar-refractivity contribution in [3.63, 3.8) is 0 Å². The van der Waals surface area contributed by atoms with Crippen molar-refractivity contribution in [1.29, 1.82) is 0 Å². The van der Waals surface area contributed by atoms with Gasteiger partial charge in [-0.15, -0.1) is 0 Å². The number of hydrogen-bond acceptors (Lipinski definition) is 10. The van der Waals surface area contributed by atoms with Crippen LogP contribution >= 0.6 is 7.82 Å². The van der Waals surface area contributed by atoms with Crippen molar-refractivity contribution in [3.8, 4) is 0 Å². The van der Waals surface area contributed by atoms with Crippen LogP contribution in [0, 0.1) is 0 Å². The lowest BCUT2D eigenvalue weighted by atomic mass is 10.0. The first-order valence-corrected chi connectivity index (χ1v) is 31.0. The fourth-order valence-electron chi connectivity index (χ4n) is 7.85. The Morgan fingerprint density at radius 1 is 0.392 bits per heavy atom. The average Bonchev–Trinajstić information content (AvgIpc) is 3.39. The van der Waals surface area contributed by atoms with Crippen molar-refractivity contribution >= 4 is 25.7 Å². The van der Waals surface area contributed by atoms with Crippen LogP contribution in [-0.4, -0.2) is 66.5 Å². The summed E-state index contributed by atoms with van der Waals surface area (Å²) in [5, 5.41) is 9.82. The Bertz CT molecular complexity index is 1560. The lowest BCUT2D eigenvalue weighted by Crippen LogP contribution is -2.30. The van der Waals surface area contributed by atoms with Gasteiger partial charge in [0.1, 0.15) is 12.7 Å². The molecule has 0 spiro atoms. The van der Waals surface area contributed by atoms with Gasteiger partial charge in [-0.2, -0.15) is 0 Å². The Balaban J connectivity index is 4.78. The molecule has 0 aromatic rings. The second-order valence-electron chi connectivity index (χ2n) is 19.4. The van der Waals surface area contributed by atoms with Gasteiger partial charge >= 0.3 is 25.7 Å². The summed E-state index contributed by atoms with van der Waals surface area (Å²) in [6.07, 6.45) is 64.1. The molecule has 0 saturated heterocycles. The van der Waals surface area contributed by atoms with Crippen LogP contribution in [0.2, 0.25) is 0 Å². The van der Waals surface area contributed by atoms with Gasteiger partial charge in [0.25, 0.3) is 0 Å². The summed E-state index contributed by atoms with van der Waals surface area (Å²) in [6.45, 7) is 4.42. The summed E-state index contributed by atoms with van der Waals surface area (Å²) in [4.78, 5) is 48.5. The summed E-state index contributed by atoms with van der Waals surface area (Å²) >= 11 is 0. The fourth-order valence-corrected chi connectivity index (χ4v) is 8.63. The molecule has 0 rings (SSSR count). The number of carbonyl (C=O) groups excluding carboxylic acids is 3. The fraction of sp³-hybridized carbons (Fsp3) is 0.726. The smallest absolute Gasteiger partial charge is 0.462 e. The van der Waals surface area contributed by atoms with Crippen LogP contribution in [0.3, 0.4) is 0 Å². The Labute approximate surface area is 451 Å². The molecule has 0 aliphatic rings. The van der Waals surface area contributed by atoms with Crippen LogP contribution in [0.4, 0.5) is 0 Å². The number of ether oxygens (including phenoxy) is 3. The van der Waals surface area contributed by atoms with Crippen molar-refractivity contribution in [2.75, 3.05) is 26.4 Å². The van der Waals surface area contributed by atoms with Crippen molar-refractivity contribution in [1.82, 2.24) is 0 Å².